The quantitative estimate of drug-likeness (QED) is 0.759. The number of imide groups is 1. The fraction of sp³-hybridized carbons (Fsp3) is 0.222. The van der Waals surface area contributed by atoms with Crippen LogP contribution >= 0.6 is 23.2 Å². The number of hydrogen-bond acceptors (Lipinski definition) is 3. The first kappa shape index (κ1) is 11.9. The molecule has 1 rings (SSSR count). The molecule has 0 fully saturated rings. The number of pyridine rings is 1. The van der Waals surface area contributed by atoms with E-state index < -0.39 is 11.8 Å². The van der Waals surface area contributed by atoms with Crippen LogP contribution in [-0.4, -0.2) is 28.6 Å². The molecule has 0 saturated heterocycles. The van der Waals surface area contributed by atoms with Gasteiger partial charge in [0.05, 0.1) is 0 Å². The van der Waals surface area contributed by atoms with E-state index in [1.165, 1.54) is 12.3 Å². The lowest BCUT2D eigenvalue weighted by atomic mass is 10.4. The minimum atomic E-state index is -0.541. The molecule has 0 radical (unpaired) electrons. The lowest BCUT2D eigenvalue weighted by Gasteiger charge is -2.17. The van der Waals surface area contributed by atoms with Gasteiger partial charge in [-0.1, -0.05) is 6.07 Å². The summed E-state index contributed by atoms with van der Waals surface area (Å²) in [6, 6.07) is 4.88. The van der Waals surface area contributed by atoms with Crippen LogP contribution in [0.2, 0.25) is 0 Å². The number of anilines is 1. The Kier molecular flexibility index (Phi) is 4.52. The third-order valence-corrected chi connectivity index (χ3v) is 2.06. The number of nitrogens with zero attached hydrogens (tertiary/aromatic N) is 2. The summed E-state index contributed by atoms with van der Waals surface area (Å²) in [6.07, 6.45) is 1.48. The molecule has 1 aromatic rings. The number of carbonyl (C=O) groups excluding carboxylic acids is 2. The van der Waals surface area contributed by atoms with Gasteiger partial charge in [0.1, 0.15) is 17.6 Å². The van der Waals surface area contributed by atoms with Crippen LogP contribution in [0.15, 0.2) is 24.4 Å². The number of rotatable bonds is 3. The number of hydrogen-bond donors (Lipinski definition) is 0. The SMILES string of the molecule is O=C(CCl)N(C(=O)CCl)c1ccccn1. The Bertz CT molecular complexity index is 340. The van der Waals surface area contributed by atoms with Gasteiger partial charge in [0, 0.05) is 6.20 Å². The van der Waals surface area contributed by atoms with Gasteiger partial charge in [0.25, 0.3) is 0 Å². The van der Waals surface area contributed by atoms with Gasteiger partial charge >= 0.3 is 0 Å². The highest BCUT2D eigenvalue weighted by Crippen LogP contribution is 2.11. The van der Waals surface area contributed by atoms with Crippen LogP contribution in [0.4, 0.5) is 5.82 Å². The van der Waals surface area contributed by atoms with Crippen molar-refractivity contribution in [1.82, 2.24) is 4.98 Å². The molecule has 1 aromatic heterocycles. The minimum absolute atomic E-state index is 0.230. The van der Waals surface area contributed by atoms with Crippen LogP contribution in [0.1, 0.15) is 0 Å². The van der Waals surface area contributed by atoms with Gasteiger partial charge in [-0.15, -0.1) is 23.2 Å². The van der Waals surface area contributed by atoms with E-state index >= 15 is 0 Å². The summed E-state index contributed by atoms with van der Waals surface area (Å²) in [5.74, 6) is -1.44. The van der Waals surface area contributed by atoms with E-state index in [2.05, 4.69) is 4.98 Å². The van der Waals surface area contributed by atoms with E-state index in [4.69, 9.17) is 23.2 Å². The number of amides is 2. The van der Waals surface area contributed by atoms with Gasteiger partial charge in [0.15, 0.2) is 0 Å². The Morgan fingerprint density at radius 3 is 2.20 bits per heavy atom. The molecule has 0 aliphatic rings. The maximum Gasteiger partial charge on any atom is 0.249 e. The molecule has 6 heteroatoms. The Hall–Kier alpha value is -1.13. The molecule has 15 heavy (non-hydrogen) atoms. The van der Waals surface area contributed by atoms with Crippen molar-refractivity contribution in [3.8, 4) is 0 Å². The Labute approximate surface area is 96.8 Å². The number of halogens is 2. The number of carbonyl (C=O) groups is 2. The lowest BCUT2D eigenvalue weighted by Crippen LogP contribution is -2.39. The fourth-order valence-corrected chi connectivity index (χ4v) is 1.24. The van der Waals surface area contributed by atoms with E-state index in [9.17, 15) is 9.59 Å². The summed E-state index contributed by atoms with van der Waals surface area (Å²) >= 11 is 10.8. The molecule has 0 aliphatic carbocycles. The highest BCUT2D eigenvalue weighted by atomic mass is 35.5. The van der Waals surface area contributed by atoms with Gasteiger partial charge in [-0.25, -0.2) is 9.88 Å². The Morgan fingerprint density at radius 1 is 1.20 bits per heavy atom. The van der Waals surface area contributed by atoms with E-state index in [-0.39, 0.29) is 17.6 Å². The van der Waals surface area contributed by atoms with Crippen molar-refractivity contribution in [3.63, 3.8) is 0 Å². The third kappa shape index (κ3) is 2.91. The Morgan fingerprint density at radius 2 is 1.80 bits per heavy atom. The summed E-state index contributed by atoms with van der Waals surface area (Å²) in [7, 11) is 0. The summed E-state index contributed by atoms with van der Waals surface area (Å²) in [4.78, 5) is 27.5. The van der Waals surface area contributed by atoms with Gasteiger partial charge in [-0.05, 0) is 12.1 Å². The third-order valence-electron chi connectivity index (χ3n) is 1.61. The lowest BCUT2D eigenvalue weighted by molar-refractivity contribution is -0.123. The van der Waals surface area contributed by atoms with Crippen molar-refractivity contribution in [2.75, 3.05) is 16.7 Å². The monoisotopic (exact) mass is 246 g/mol. The zero-order valence-corrected chi connectivity index (χ0v) is 9.20. The standard InChI is InChI=1S/C9H8Cl2N2O2/c10-5-8(14)13(9(15)6-11)7-3-1-2-4-12-7/h1-4H,5-6H2. The van der Waals surface area contributed by atoms with Gasteiger partial charge in [-0.2, -0.15) is 0 Å². The molecule has 0 unspecified atom stereocenters. The average Bonchev–Trinajstić information content (AvgIpc) is 2.30. The van der Waals surface area contributed by atoms with Crippen molar-refractivity contribution in [3.05, 3.63) is 24.4 Å². The van der Waals surface area contributed by atoms with Gasteiger partial charge < -0.3 is 0 Å². The predicted octanol–water partition coefficient (Wildman–Crippen LogP) is 1.42. The van der Waals surface area contributed by atoms with E-state index in [0.29, 0.717) is 0 Å². The largest absolute Gasteiger partial charge is 0.273 e. The van der Waals surface area contributed by atoms with Crippen molar-refractivity contribution >= 4 is 40.8 Å². The molecule has 0 spiro atoms. The molecule has 0 N–H and O–H groups in total. The molecule has 0 aromatic carbocycles. The van der Waals surface area contributed by atoms with Crippen molar-refractivity contribution in [1.29, 1.82) is 0 Å². The summed E-state index contributed by atoms with van der Waals surface area (Å²) < 4.78 is 0. The number of aromatic nitrogens is 1. The molecule has 0 bridgehead atoms. The Balaban J connectivity index is 3.02. The first-order valence-corrected chi connectivity index (χ1v) is 5.16. The topological polar surface area (TPSA) is 50.3 Å². The second-order valence-corrected chi connectivity index (χ2v) is 3.11. The van der Waals surface area contributed by atoms with Crippen LogP contribution in [0, 0.1) is 0 Å². The van der Waals surface area contributed by atoms with E-state index in [1.807, 2.05) is 0 Å². The molecule has 80 valence electrons. The second kappa shape index (κ2) is 5.68. The number of alkyl halides is 2. The molecule has 2 amide bonds. The predicted molar refractivity (Wildman–Crippen MR) is 58.2 cm³/mol. The maximum atomic E-state index is 11.4. The molecule has 0 atom stereocenters. The van der Waals surface area contributed by atoms with Crippen LogP contribution in [0.5, 0.6) is 0 Å². The highest BCUT2D eigenvalue weighted by molar-refractivity contribution is 6.37. The molecular weight excluding hydrogens is 239 g/mol. The normalized spacial score (nSPS) is 9.73. The zero-order chi connectivity index (χ0) is 11.3. The summed E-state index contributed by atoms with van der Waals surface area (Å²) in [5.41, 5.74) is 0. The van der Waals surface area contributed by atoms with Crippen molar-refractivity contribution in [2.45, 2.75) is 0 Å². The maximum absolute atomic E-state index is 11.4. The molecule has 4 nitrogen and oxygen atoms in total. The molecule has 1 heterocycles. The molecule has 0 saturated carbocycles. The van der Waals surface area contributed by atoms with Crippen LogP contribution in [0.3, 0.4) is 0 Å². The first-order chi connectivity index (χ1) is 7.20. The van der Waals surface area contributed by atoms with Crippen LogP contribution in [0.25, 0.3) is 0 Å². The summed E-state index contributed by atoms with van der Waals surface area (Å²) in [6.45, 7) is 0. The average molecular weight is 247 g/mol. The second-order valence-electron chi connectivity index (χ2n) is 2.58. The van der Waals surface area contributed by atoms with Gasteiger partial charge in [-0.3, -0.25) is 9.59 Å². The van der Waals surface area contributed by atoms with Gasteiger partial charge in [0.2, 0.25) is 11.8 Å². The zero-order valence-electron chi connectivity index (χ0n) is 7.69. The fourth-order valence-electron chi connectivity index (χ4n) is 1.00. The van der Waals surface area contributed by atoms with E-state index in [1.54, 1.807) is 12.1 Å². The minimum Gasteiger partial charge on any atom is -0.273 e. The molecule has 0 aliphatic heterocycles. The summed E-state index contributed by atoms with van der Waals surface area (Å²) in [5, 5.41) is 0. The van der Waals surface area contributed by atoms with E-state index in [0.717, 1.165) is 4.90 Å². The van der Waals surface area contributed by atoms with Crippen LogP contribution < -0.4 is 4.90 Å². The van der Waals surface area contributed by atoms with Crippen molar-refractivity contribution < 1.29 is 9.59 Å². The first-order valence-electron chi connectivity index (χ1n) is 4.09. The smallest absolute Gasteiger partial charge is 0.249 e. The van der Waals surface area contributed by atoms with Crippen LogP contribution in [-0.2, 0) is 9.59 Å². The van der Waals surface area contributed by atoms with Crippen molar-refractivity contribution in [2.24, 2.45) is 0 Å². The highest BCUT2D eigenvalue weighted by Gasteiger charge is 2.22. The molecular formula is C9H8Cl2N2O2.